The molecule has 13 heavy (non-hydrogen) atoms. The number of hydrogen-bond acceptors (Lipinski definition) is 2. The molecule has 0 aliphatic heterocycles. The molecule has 70 valence electrons. The molecular formula is C9H12BrN3. The molecule has 0 aliphatic carbocycles. The molecule has 0 aromatic carbocycles. The van der Waals surface area contributed by atoms with Crippen molar-refractivity contribution in [1.82, 2.24) is 14.6 Å². The molecule has 2 heterocycles. The first-order valence-corrected chi connectivity index (χ1v) is 5.02. The minimum Gasteiger partial charge on any atom is -0.220 e. The topological polar surface area (TPSA) is 30.2 Å². The molecular weight excluding hydrogens is 230 g/mol. The number of fused-ring (bicyclic) bond motifs is 1. The highest BCUT2D eigenvalue weighted by molar-refractivity contribution is 9.10. The fraction of sp³-hybridized carbons (Fsp3) is 0.333. The van der Waals surface area contributed by atoms with Crippen molar-refractivity contribution in [3.8, 4) is 0 Å². The average Bonchev–Trinajstić information content (AvgIpc) is 2.55. The van der Waals surface area contributed by atoms with E-state index in [1.165, 1.54) is 0 Å². The van der Waals surface area contributed by atoms with Crippen LogP contribution < -0.4 is 0 Å². The van der Waals surface area contributed by atoms with Gasteiger partial charge in [-0.1, -0.05) is 13.8 Å². The Labute approximate surface area is 85.9 Å². The average molecular weight is 242 g/mol. The van der Waals surface area contributed by atoms with Crippen molar-refractivity contribution in [1.29, 1.82) is 0 Å². The van der Waals surface area contributed by atoms with Crippen molar-refractivity contribution in [2.24, 2.45) is 0 Å². The highest BCUT2D eigenvalue weighted by Gasteiger charge is 1.99. The Morgan fingerprint density at radius 3 is 2.77 bits per heavy atom. The number of aromatic nitrogens is 3. The van der Waals surface area contributed by atoms with Crippen LogP contribution >= 0.6 is 15.9 Å². The summed E-state index contributed by atoms with van der Waals surface area (Å²) in [7, 11) is 0. The third-order valence-electron chi connectivity index (χ3n) is 1.47. The van der Waals surface area contributed by atoms with Gasteiger partial charge < -0.3 is 0 Å². The maximum Gasteiger partial charge on any atom is 0.169 e. The summed E-state index contributed by atoms with van der Waals surface area (Å²) in [5, 5.41) is 4.02. The smallest absolute Gasteiger partial charge is 0.169 e. The van der Waals surface area contributed by atoms with Gasteiger partial charge in [0.25, 0.3) is 0 Å². The SMILES string of the molecule is CC.Cc1cc(Br)c2ncnn2c1. The maximum absolute atomic E-state index is 4.06. The fourth-order valence-corrected chi connectivity index (χ4v) is 1.66. The molecule has 0 N–H and O–H groups in total. The van der Waals surface area contributed by atoms with Crippen LogP contribution in [0, 0.1) is 6.92 Å². The van der Waals surface area contributed by atoms with E-state index >= 15 is 0 Å². The van der Waals surface area contributed by atoms with Crippen molar-refractivity contribution in [3.05, 3.63) is 28.6 Å². The van der Waals surface area contributed by atoms with E-state index in [9.17, 15) is 0 Å². The van der Waals surface area contributed by atoms with E-state index in [1.807, 2.05) is 33.0 Å². The minimum atomic E-state index is 0.857. The lowest BCUT2D eigenvalue weighted by molar-refractivity contribution is 0.949. The molecule has 0 unspecified atom stereocenters. The monoisotopic (exact) mass is 241 g/mol. The molecule has 0 aliphatic rings. The molecule has 0 amide bonds. The van der Waals surface area contributed by atoms with Crippen molar-refractivity contribution < 1.29 is 0 Å². The summed E-state index contributed by atoms with van der Waals surface area (Å²) in [4.78, 5) is 4.06. The summed E-state index contributed by atoms with van der Waals surface area (Å²) in [5.41, 5.74) is 2.02. The Bertz CT molecular complexity index is 395. The summed E-state index contributed by atoms with van der Waals surface area (Å²) in [6.45, 7) is 6.02. The van der Waals surface area contributed by atoms with Crippen LogP contribution in [0.3, 0.4) is 0 Å². The van der Waals surface area contributed by atoms with Gasteiger partial charge in [0.2, 0.25) is 0 Å². The Balaban J connectivity index is 0.000000396. The first kappa shape index (κ1) is 10.2. The summed E-state index contributed by atoms with van der Waals surface area (Å²) in [6, 6.07) is 2.02. The maximum atomic E-state index is 4.06. The van der Waals surface area contributed by atoms with Crippen LogP contribution in [0.25, 0.3) is 5.65 Å². The van der Waals surface area contributed by atoms with Gasteiger partial charge in [-0.05, 0) is 34.5 Å². The molecule has 0 atom stereocenters. The first-order valence-electron chi connectivity index (χ1n) is 4.23. The van der Waals surface area contributed by atoms with Crippen molar-refractivity contribution in [3.63, 3.8) is 0 Å². The van der Waals surface area contributed by atoms with Gasteiger partial charge in [0.15, 0.2) is 5.65 Å². The van der Waals surface area contributed by atoms with Crippen LogP contribution in [-0.2, 0) is 0 Å². The highest BCUT2D eigenvalue weighted by atomic mass is 79.9. The van der Waals surface area contributed by atoms with Crippen LogP contribution in [0.15, 0.2) is 23.1 Å². The van der Waals surface area contributed by atoms with Crippen LogP contribution in [0.2, 0.25) is 0 Å². The van der Waals surface area contributed by atoms with Gasteiger partial charge in [0.1, 0.15) is 6.33 Å². The number of rotatable bonds is 0. The predicted octanol–water partition coefficient (Wildman–Crippen LogP) is 2.83. The molecule has 2 aromatic heterocycles. The molecule has 0 saturated carbocycles. The molecule has 2 aromatic rings. The molecule has 0 spiro atoms. The summed E-state index contributed by atoms with van der Waals surface area (Å²) in [6.07, 6.45) is 3.48. The summed E-state index contributed by atoms with van der Waals surface area (Å²) in [5.74, 6) is 0. The third kappa shape index (κ3) is 2.06. The van der Waals surface area contributed by atoms with E-state index in [2.05, 4.69) is 26.0 Å². The lowest BCUT2D eigenvalue weighted by atomic mass is 10.3. The lowest BCUT2D eigenvalue weighted by Gasteiger charge is -1.96. The molecule has 4 heteroatoms. The Morgan fingerprint density at radius 1 is 1.38 bits per heavy atom. The standard InChI is InChI=1S/C7H6BrN3.C2H6/c1-5-2-6(8)7-9-4-10-11(7)3-5;1-2/h2-4H,1H3;1-2H3. The van der Waals surface area contributed by atoms with Crippen LogP contribution in [0.4, 0.5) is 0 Å². The second-order valence-corrected chi connectivity index (χ2v) is 3.25. The zero-order valence-corrected chi connectivity index (χ0v) is 9.54. The lowest BCUT2D eigenvalue weighted by Crippen LogP contribution is -1.88. The van der Waals surface area contributed by atoms with Gasteiger partial charge in [-0.15, -0.1) is 0 Å². The molecule has 0 bridgehead atoms. The second-order valence-electron chi connectivity index (χ2n) is 2.39. The molecule has 3 nitrogen and oxygen atoms in total. The molecule has 0 radical (unpaired) electrons. The number of pyridine rings is 1. The van der Waals surface area contributed by atoms with E-state index in [1.54, 1.807) is 10.8 Å². The van der Waals surface area contributed by atoms with Gasteiger partial charge in [0.05, 0.1) is 4.47 Å². The van der Waals surface area contributed by atoms with E-state index in [0.717, 1.165) is 15.7 Å². The largest absolute Gasteiger partial charge is 0.220 e. The van der Waals surface area contributed by atoms with Gasteiger partial charge in [-0.3, -0.25) is 0 Å². The summed E-state index contributed by atoms with van der Waals surface area (Å²) < 4.78 is 2.73. The number of aryl methyl sites for hydroxylation is 1. The third-order valence-corrected chi connectivity index (χ3v) is 2.05. The Hall–Kier alpha value is -0.900. The van der Waals surface area contributed by atoms with Crippen LogP contribution in [0.5, 0.6) is 0 Å². The molecule has 2 rings (SSSR count). The molecule has 0 saturated heterocycles. The van der Waals surface area contributed by atoms with Crippen molar-refractivity contribution in [2.45, 2.75) is 20.8 Å². The quantitative estimate of drug-likeness (QED) is 0.711. The van der Waals surface area contributed by atoms with E-state index in [4.69, 9.17) is 0 Å². The highest BCUT2D eigenvalue weighted by Crippen LogP contribution is 2.16. The fourth-order valence-electron chi connectivity index (χ4n) is 1.01. The van der Waals surface area contributed by atoms with E-state index in [0.29, 0.717) is 0 Å². The van der Waals surface area contributed by atoms with E-state index in [-0.39, 0.29) is 0 Å². The van der Waals surface area contributed by atoms with E-state index < -0.39 is 0 Å². The summed E-state index contributed by atoms with van der Waals surface area (Å²) >= 11 is 3.40. The van der Waals surface area contributed by atoms with Gasteiger partial charge >= 0.3 is 0 Å². The van der Waals surface area contributed by atoms with Gasteiger partial charge in [-0.25, -0.2) is 9.50 Å². The zero-order valence-electron chi connectivity index (χ0n) is 7.95. The number of halogens is 1. The molecule has 0 fully saturated rings. The van der Waals surface area contributed by atoms with Gasteiger partial charge in [0, 0.05) is 6.20 Å². The van der Waals surface area contributed by atoms with Crippen molar-refractivity contribution >= 4 is 21.6 Å². The number of nitrogens with zero attached hydrogens (tertiary/aromatic N) is 3. The first-order chi connectivity index (χ1) is 6.27. The normalized spacial score (nSPS) is 9.54. The Morgan fingerprint density at radius 2 is 2.08 bits per heavy atom. The minimum absolute atomic E-state index is 0.857. The predicted molar refractivity (Wildman–Crippen MR) is 56.8 cm³/mol. The van der Waals surface area contributed by atoms with Crippen molar-refractivity contribution in [2.75, 3.05) is 0 Å². The van der Waals surface area contributed by atoms with Gasteiger partial charge in [-0.2, -0.15) is 5.10 Å². The number of hydrogen-bond donors (Lipinski definition) is 0. The Kier molecular flexibility index (Phi) is 3.42. The van der Waals surface area contributed by atoms with Crippen LogP contribution in [0.1, 0.15) is 19.4 Å². The van der Waals surface area contributed by atoms with Crippen LogP contribution in [-0.4, -0.2) is 14.6 Å². The zero-order chi connectivity index (χ0) is 9.84. The second kappa shape index (κ2) is 4.37.